The lowest BCUT2D eigenvalue weighted by Gasteiger charge is -2.18. The van der Waals surface area contributed by atoms with Gasteiger partial charge in [-0.15, -0.1) is 11.8 Å². The van der Waals surface area contributed by atoms with Gasteiger partial charge in [0.25, 0.3) is 5.91 Å². The van der Waals surface area contributed by atoms with Gasteiger partial charge in [-0.25, -0.2) is 0 Å². The van der Waals surface area contributed by atoms with Gasteiger partial charge >= 0.3 is 0 Å². The van der Waals surface area contributed by atoms with Crippen molar-refractivity contribution < 1.29 is 9.59 Å². The third-order valence-electron chi connectivity index (χ3n) is 8.07. The number of anilines is 2. The number of carbonyl (C=O) groups is 2. The van der Waals surface area contributed by atoms with Crippen molar-refractivity contribution in [2.45, 2.75) is 23.6 Å². The monoisotopic (exact) mass is 605 g/mol. The standard InChI is InChI=1S/C39H31N3O2S/c1-2-42-35-15-9-8-14-33(35)34-25-31(20-23-36(34)42)41-39(44)37(27-11-4-3-5-12-27)45-32-21-18-30(19-22-32)40-38(43)29-17-16-26-10-6-7-13-28(26)24-29/h3-25,37H,2H2,1H3,(H,40,43)(H,41,44). The maximum absolute atomic E-state index is 13.8. The summed E-state index contributed by atoms with van der Waals surface area (Å²) in [6.07, 6.45) is 0. The summed E-state index contributed by atoms with van der Waals surface area (Å²) in [5.41, 5.74) is 5.31. The van der Waals surface area contributed by atoms with Crippen molar-refractivity contribution in [3.63, 3.8) is 0 Å². The minimum atomic E-state index is -0.475. The lowest BCUT2D eigenvalue weighted by molar-refractivity contribution is -0.115. The Bertz CT molecular complexity index is 2170. The van der Waals surface area contributed by atoms with Gasteiger partial charge in [-0.1, -0.05) is 78.9 Å². The smallest absolute Gasteiger partial charge is 0.255 e. The van der Waals surface area contributed by atoms with Gasteiger partial charge in [0, 0.05) is 50.2 Å². The Kier molecular flexibility index (Phi) is 7.80. The van der Waals surface area contributed by atoms with Crippen LogP contribution in [0, 0.1) is 0 Å². The van der Waals surface area contributed by atoms with E-state index in [2.05, 4.69) is 58.5 Å². The average molecular weight is 606 g/mol. The van der Waals surface area contributed by atoms with Gasteiger partial charge in [-0.2, -0.15) is 0 Å². The van der Waals surface area contributed by atoms with Gasteiger partial charge in [0.05, 0.1) is 0 Å². The highest BCUT2D eigenvalue weighted by Gasteiger charge is 2.23. The maximum atomic E-state index is 13.8. The topological polar surface area (TPSA) is 63.1 Å². The minimum Gasteiger partial charge on any atom is -0.341 e. The molecule has 7 rings (SSSR count). The molecule has 0 aliphatic heterocycles. The van der Waals surface area contributed by atoms with E-state index in [1.165, 1.54) is 22.7 Å². The van der Waals surface area contributed by atoms with E-state index in [4.69, 9.17) is 0 Å². The largest absolute Gasteiger partial charge is 0.341 e. The van der Waals surface area contributed by atoms with Gasteiger partial charge in [0.2, 0.25) is 5.91 Å². The Morgan fingerprint density at radius 1 is 0.644 bits per heavy atom. The Hall–Kier alpha value is -5.33. The molecule has 45 heavy (non-hydrogen) atoms. The summed E-state index contributed by atoms with van der Waals surface area (Å²) in [5.74, 6) is -0.264. The molecular weight excluding hydrogens is 575 g/mol. The zero-order valence-corrected chi connectivity index (χ0v) is 25.6. The molecular formula is C39H31N3O2S. The average Bonchev–Trinajstić information content (AvgIpc) is 3.41. The number of carbonyl (C=O) groups excluding carboxylic acids is 2. The Labute approximate surface area is 265 Å². The predicted octanol–water partition coefficient (Wildman–Crippen LogP) is 9.69. The SMILES string of the molecule is CCn1c2ccccc2c2cc(NC(=O)C(Sc3ccc(NC(=O)c4ccc5ccccc5c4)cc3)c3ccccc3)ccc21. The molecule has 0 saturated heterocycles. The Balaban J connectivity index is 1.10. The number of nitrogens with zero attached hydrogens (tertiary/aromatic N) is 1. The van der Waals surface area contributed by atoms with Crippen molar-refractivity contribution in [1.82, 2.24) is 4.57 Å². The molecule has 1 atom stereocenters. The lowest BCUT2D eigenvalue weighted by atomic mass is 10.1. The first-order chi connectivity index (χ1) is 22.1. The van der Waals surface area contributed by atoms with Crippen LogP contribution in [0.1, 0.15) is 28.1 Å². The molecule has 6 aromatic carbocycles. The number of thioether (sulfide) groups is 1. The summed E-state index contributed by atoms with van der Waals surface area (Å²) in [4.78, 5) is 27.7. The number of rotatable bonds is 8. The van der Waals surface area contributed by atoms with Crippen LogP contribution in [-0.2, 0) is 11.3 Å². The van der Waals surface area contributed by atoms with E-state index >= 15 is 0 Å². The second-order valence-corrected chi connectivity index (χ2v) is 12.1. The number of hydrogen-bond acceptors (Lipinski definition) is 3. The third kappa shape index (κ3) is 5.80. The molecule has 2 amide bonds. The van der Waals surface area contributed by atoms with Gasteiger partial charge in [-0.05, 0) is 83.9 Å². The molecule has 0 aliphatic rings. The van der Waals surface area contributed by atoms with Crippen LogP contribution in [0.25, 0.3) is 32.6 Å². The lowest BCUT2D eigenvalue weighted by Crippen LogP contribution is -2.19. The summed E-state index contributed by atoms with van der Waals surface area (Å²) < 4.78 is 2.30. The van der Waals surface area contributed by atoms with Gasteiger partial charge in [-0.3, -0.25) is 9.59 Å². The third-order valence-corrected chi connectivity index (χ3v) is 9.34. The second kappa shape index (κ2) is 12.3. The van der Waals surface area contributed by atoms with Gasteiger partial charge < -0.3 is 15.2 Å². The number of para-hydroxylation sites is 1. The number of aryl methyl sites for hydroxylation is 1. The number of nitrogens with one attached hydrogen (secondary N) is 2. The highest BCUT2D eigenvalue weighted by Crippen LogP contribution is 2.37. The summed E-state index contributed by atoms with van der Waals surface area (Å²) in [5, 5.41) is 10.1. The number of fused-ring (bicyclic) bond motifs is 4. The molecule has 7 aromatic rings. The van der Waals surface area contributed by atoms with Crippen LogP contribution < -0.4 is 10.6 Å². The molecule has 2 N–H and O–H groups in total. The highest BCUT2D eigenvalue weighted by atomic mass is 32.2. The summed E-state index contributed by atoms with van der Waals surface area (Å²) in [6, 6.07) is 45.6. The molecule has 6 heteroatoms. The summed E-state index contributed by atoms with van der Waals surface area (Å²) >= 11 is 1.48. The molecule has 220 valence electrons. The quantitative estimate of drug-likeness (QED) is 0.170. The maximum Gasteiger partial charge on any atom is 0.255 e. The van der Waals surface area contributed by atoms with E-state index in [1.54, 1.807) is 0 Å². The van der Waals surface area contributed by atoms with Gasteiger partial charge in [0.15, 0.2) is 0 Å². The first-order valence-corrected chi connectivity index (χ1v) is 15.9. The van der Waals surface area contributed by atoms with Crippen molar-refractivity contribution in [3.05, 3.63) is 151 Å². The molecule has 1 heterocycles. The summed E-state index contributed by atoms with van der Waals surface area (Å²) in [6.45, 7) is 3.02. The molecule has 0 saturated carbocycles. The van der Waals surface area contributed by atoms with Crippen molar-refractivity contribution >= 4 is 67.5 Å². The van der Waals surface area contributed by atoms with Crippen LogP contribution in [-0.4, -0.2) is 16.4 Å². The van der Waals surface area contributed by atoms with Crippen LogP contribution in [0.3, 0.4) is 0 Å². The van der Waals surface area contributed by atoms with Crippen molar-refractivity contribution in [1.29, 1.82) is 0 Å². The zero-order valence-electron chi connectivity index (χ0n) is 24.7. The van der Waals surface area contributed by atoms with Crippen LogP contribution >= 0.6 is 11.8 Å². The van der Waals surface area contributed by atoms with Crippen molar-refractivity contribution in [2.75, 3.05) is 10.6 Å². The number of aromatic nitrogens is 1. The van der Waals surface area contributed by atoms with Crippen LogP contribution in [0.15, 0.2) is 144 Å². The van der Waals surface area contributed by atoms with E-state index < -0.39 is 5.25 Å². The number of amides is 2. The fourth-order valence-electron chi connectivity index (χ4n) is 5.87. The van der Waals surface area contributed by atoms with E-state index in [9.17, 15) is 9.59 Å². The fourth-order valence-corrected chi connectivity index (χ4v) is 6.89. The first-order valence-electron chi connectivity index (χ1n) is 15.0. The molecule has 1 unspecified atom stereocenters. The predicted molar refractivity (Wildman–Crippen MR) is 187 cm³/mol. The molecule has 0 bridgehead atoms. The molecule has 5 nitrogen and oxygen atoms in total. The molecule has 0 spiro atoms. The number of hydrogen-bond donors (Lipinski definition) is 2. The number of benzene rings is 6. The highest BCUT2D eigenvalue weighted by molar-refractivity contribution is 8.00. The molecule has 1 aromatic heterocycles. The zero-order chi connectivity index (χ0) is 30.8. The molecule has 0 radical (unpaired) electrons. The fraction of sp³-hybridized carbons (Fsp3) is 0.0769. The molecule has 0 fully saturated rings. The van der Waals surface area contributed by atoms with Crippen molar-refractivity contribution in [3.8, 4) is 0 Å². The van der Waals surface area contributed by atoms with Crippen LogP contribution in [0.4, 0.5) is 11.4 Å². The van der Waals surface area contributed by atoms with Crippen molar-refractivity contribution in [2.24, 2.45) is 0 Å². The Morgan fingerprint density at radius 2 is 1.33 bits per heavy atom. The second-order valence-electron chi connectivity index (χ2n) is 10.9. The first kappa shape index (κ1) is 28.4. The summed E-state index contributed by atoms with van der Waals surface area (Å²) in [7, 11) is 0. The van der Waals surface area contributed by atoms with Gasteiger partial charge in [0.1, 0.15) is 5.25 Å². The van der Waals surface area contributed by atoms with Crippen LogP contribution in [0.5, 0.6) is 0 Å². The molecule has 0 aliphatic carbocycles. The normalized spacial score (nSPS) is 11.9. The van der Waals surface area contributed by atoms with Crippen LogP contribution in [0.2, 0.25) is 0 Å². The van der Waals surface area contributed by atoms with E-state index in [1.807, 2.05) is 103 Å². The van der Waals surface area contributed by atoms with E-state index in [-0.39, 0.29) is 11.8 Å². The van der Waals surface area contributed by atoms with E-state index in [0.717, 1.165) is 44.4 Å². The minimum absolute atomic E-state index is 0.0986. The Morgan fingerprint density at radius 3 is 2.13 bits per heavy atom. The van der Waals surface area contributed by atoms with E-state index in [0.29, 0.717) is 11.3 Å².